The highest BCUT2D eigenvalue weighted by Crippen LogP contribution is 2.35. The number of unbranched alkanes of at least 4 members (excludes halogenated alkanes) is 4. The van der Waals surface area contributed by atoms with E-state index in [1.165, 1.54) is 135 Å². The molecule has 1 N–H and O–H groups in total. The fourth-order valence-electron chi connectivity index (χ4n) is 20.3. The maximum atomic E-state index is 12.0. The van der Waals surface area contributed by atoms with Crippen molar-refractivity contribution in [2.24, 2.45) is 0 Å². The molecule has 760 valence electrons. The van der Waals surface area contributed by atoms with Crippen LogP contribution in [0.2, 0.25) is 0 Å². The molecule has 1 amide bonds. The zero-order chi connectivity index (χ0) is 95.6. The molecule has 33 nitrogen and oxygen atoms in total. The summed E-state index contributed by atoms with van der Waals surface area (Å²) in [6, 6.07) is 0.705. The van der Waals surface area contributed by atoms with Gasteiger partial charge in [-0.05, 0) is 194 Å². The molecule has 0 saturated carbocycles. The van der Waals surface area contributed by atoms with E-state index in [1.807, 2.05) is 21.0 Å². The number of nitrogens with zero attached hydrogens (tertiary/aromatic N) is 20. The molecule has 12 aliphatic rings. The van der Waals surface area contributed by atoms with Crippen molar-refractivity contribution in [3.05, 3.63) is 0 Å². The second kappa shape index (κ2) is 59.1. The number of hydrogen-bond acceptors (Lipinski definition) is 31. The molecule has 0 aromatic heterocycles. The molecule has 0 aromatic rings. The number of carboxylic acid groups (broad SMARTS) is 1. The summed E-state index contributed by atoms with van der Waals surface area (Å²) >= 11 is 0. The third-order valence-corrected chi connectivity index (χ3v) is 30.9. The number of piperidine rings is 6. The van der Waals surface area contributed by atoms with Crippen molar-refractivity contribution in [3.8, 4) is 0 Å². The molecule has 0 spiro atoms. The van der Waals surface area contributed by atoms with Crippen LogP contribution in [0.25, 0.3) is 0 Å². The molecule has 0 bridgehead atoms. The van der Waals surface area contributed by atoms with E-state index in [4.69, 9.17) is 28.8 Å². The number of piperazine rings is 6. The monoisotopic (exact) mass is 1860 g/mol. The number of amides is 1. The normalized spacial score (nSPS) is 24.2. The summed E-state index contributed by atoms with van der Waals surface area (Å²) in [7, 11) is 20.5. The first-order valence-corrected chi connectivity index (χ1v) is 51.2. The number of esters is 5. The SMILES string of the molecule is CCCCCCOC(=O)CN1CCC(C)(N2CCN(C)CC2)CC1.CCCCOC(=O)CN1CCC(C)(N2CCN(C)CC2)CC1.CCOC(=O)CN1CCC(C)(N2CCN(C)CC2)CC1.CN(C)CCCOC(=O)CN1CCC(N2CCN(C)CC2)CC1.CN1CCN(C2(C)CCN(CC(=O)O)CC2)CC1.CN1CCN(C2(C)CCN(CC(=O)OCC(=O)N(C)C)CC2)CC1. The molecule has 33 heteroatoms. The minimum atomic E-state index is -0.710. The number of likely N-dealkylation sites (tertiary alicyclic amines) is 6. The average Bonchev–Trinajstić information content (AvgIpc) is 0.834. The summed E-state index contributed by atoms with van der Waals surface area (Å²) in [5, 5.41) is 8.82. The van der Waals surface area contributed by atoms with Gasteiger partial charge in [0, 0.05) is 290 Å². The summed E-state index contributed by atoms with van der Waals surface area (Å²) in [4.78, 5) is 128. The fourth-order valence-corrected chi connectivity index (χ4v) is 20.3. The van der Waals surface area contributed by atoms with Gasteiger partial charge >= 0.3 is 35.8 Å². The first kappa shape index (κ1) is 114. The lowest BCUT2D eigenvalue weighted by molar-refractivity contribution is -0.152. The predicted molar refractivity (Wildman–Crippen MR) is 523 cm³/mol. The molecule has 0 radical (unpaired) electrons. The van der Waals surface area contributed by atoms with E-state index < -0.39 is 5.97 Å². The molecule has 12 saturated heterocycles. The Hall–Kier alpha value is -4.47. The van der Waals surface area contributed by atoms with E-state index in [0.717, 1.165) is 234 Å². The molecule has 0 aromatic carbocycles. The summed E-state index contributed by atoms with van der Waals surface area (Å²) < 4.78 is 26.1. The van der Waals surface area contributed by atoms with Gasteiger partial charge in [-0.3, -0.25) is 92.4 Å². The zero-order valence-electron chi connectivity index (χ0n) is 86.2. The van der Waals surface area contributed by atoms with Crippen LogP contribution in [0.4, 0.5) is 0 Å². The van der Waals surface area contributed by atoms with Crippen LogP contribution in [0.15, 0.2) is 0 Å². The smallest absolute Gasteiger partial charge is 0.320 e. The minimum absolute atomic E-state index is 0.0466. The third-order valence-electron chi connectivity index (χ3n) is 30.9. The fraction of sp³-hybridized carbons (Fsp3) is 0.929. The predicted octanol–water partition coefficient (Wildman–Crippen LogP) is 4.38. The van der Waals surface area contributed by atoms with Gasteiger partial charge in [-0.15, -0.1) is 0 Å². The Morgan fingerprint density at radius 2 is 0.550 bits per heavy atom. The number of rotatable bonds is 33. The first-order valence-electron chi connectivity index (χ1n) is 51.2. The lowest BCUT2D eigenvalue weighted by atomic mass is 9.87. The Kier molecular flexibility index (Phi) is 51.2. The zero-order valence-corrected chi connectivity index (χ0v) is 86.2. The number of ether oxygens (including phenoxy) is 5. The van der Waals surface area contributed by atoms with Gasteiger partial charge in [0.1, 0.15) is 0 Å². The van der Waals surface area contributed by atoms with Crippen LogP contribution in [-0.4, -0.2) is 563 Å². The molecular formula is C98H190N20O13. The lowest BCUT2D eigenvalue weighted by Crippen LogP contribution is -2.59. The summed E-state index contributed by atoms with van der Waals surface area (Å²) in [5.41, 5.74) is 1.44. The lowest BCUT2D eigenvalue weighted by Gasteiger charge is -2.49. The van der Waals surface area contributed by atoms with Crippen molar-refractivity contribution in [2.45, 2.75) is 211 Å². The van der Waals surface area contributed by atoms with Crippen LogP contribution < -0.4 is 0 Å². The molecule has 0 atom stereocenters. The highest BCUT2D eigenvalue weighted by atomic mass is 16.6. The van der Waals surface area contributed by atoms with Crippen molar-refractivity contribution in [3.63, 3.8) is 0 Å². The Labute approximate surface area is 794 Å². The van der Waals surface area contributed by atoms with Crippen molar-refractivity contribution in [1.29, 1.82) is 0 Å². The van der Waals surface area contributed by atoms with Gasteiger partial charge in [-0.1, -0.05) is 39.5 Å². The van der Waals surface area contributed by atoms with Crippen LogP contribution >= 0.6 is 0 Å². The van der Waals surface area contributed by atoms with E-state index in [0.29, 0.717) is 75.3 Å². The number of aliphatic carboxylic acids is 1. The standard InChI is InChI=1S/C19H37N3O2.C17H32N4O3.C17H34N4O2.C17H33N3O2.C15H29N3O2.C13H25N3O2/c1-4-5-6-7-16-24-18(23)17-21-10-8-19(2,9-11-21)22-14-12-20(3)13-15-22;1-17(21-11-9-19(4)10-12-21)5-7-20(8-6-17)13-16(23)24-14-15(22)18(2)3;1-18(2)7-4-14-23-17(22)15-20-8-5-16(6-9-20)21-12-10-19(3)11-13-21;1-4-5-14-22-16(21)15-19-8-6-17(2,7-9-19)20-12-10-18(3)11-13-20;1-4-20-14(19)13-17-7-5-15(2,6-8-17)18-11-9-16(3)10-12-18;1-13(16-9-7-14(2)8-10-16)3-5-15(6-4-13)11-12(17)18/h4-17H2,1-3H3;5-14H2,1-4H3;16H,4-15H2,1-3H3;4-15H2,1-3H3;4-13H2,1-3H3;3-11H2,1-2H3,(H,17,18). The van der Waals surface area contributed by atoms with Crippen LogP contribution in [0.3, 0.4) is 0 Å². The third kappa shape index (κ3) is 41.6. The molecule has 0 aliphatic carbocycles. The van der Waals surface area contributed by atoms with E-state index in [2.05, 4.69) is 184 Å². The van der Waals surface area contributed by atoms with Gasteiger partial charge in [0.2, 0.25) is 0 Å². The van der Waals surface area contributed by atoms with Crippen molar-refractivity contribution in [1.82, 2.24) is 98.0 Å². The van der Waals surface area contributed by atoms with Crippen LogP contribution in [-0.2, 0) is 57.2 Å². The summed E-state index contributed by atoms with van der Waals surface area (Å²) in [5.74, 6) is -1.47. The number of hydrogen-bond donors (Lipinski definition) is 1. The number of carbonyl (C=O) groups excluding carboxylic acids is 6. The van der Waals surface area contributed by atoms with Gasteiger partial charge in [0.25, 0.3) is 5.91 Å². The van der Waals surface area contributed by atoms with Gasteiger partial charge in [-0.25, -0.2) is 0 Å². The van der Waals surface area contributed by atoms with Crippen LogP contribution in [0, 0.1) is 0 Å². The Morgan fingerprint density at radius 1 is 0.298 bits per heavy atom. The van der Waals surface area contributed by atoms with Gasteiger partial charge < -0.3 is 68.0 Å². The molecule has 12 heterocycles. The molecule has 12 rings (SSSR count). The van der Waals surface area contributed by atoms with Crippen LogP contribution in [0.1, 0.15) is 177 Å². The van der Waals surface area contributed by atoms with Crippen molar-refractivity contribution in [2.75, 3.05) is 385 Å². The van der Waals surface area contributed by atoms with Crippen LogP contribution in [0.5, 0.6) is 0 Å². The Morgan fingerprint density at radius 3 is 0.817 bits per heavy atom. The first-order chi connectivity index (χ1) is 62.4. The highest BCUT2D eigenvalue weighted by Gasteiger charge is 2.43. The van der Waals surface area contributed by atoms with Crippen molar-refractivity contribution < 1.29 is 62.4 Å². The molecule has 12 fully saturated rings. The quantitative estimate of drug-likeness (QED) is 0.0544. The molecule has 12 aliphatic heterocycles. The summed E-state index contributed by atoms with van der Waals surface area (Å²) in [6.07, 6.45) is 21.1. The van der Waals surface area contributed by atoms with Gasteiger partial charge in [-0.2, -0.15) is 0 Å². The topological polar surface area (TPSA) is 251 Å². The highest BCUT2D eigenvalue weighted by molar-refractivity contribution is 5.81. The molecule has 0 unspecified atom stereocenters. The van der Waals surface area contributed by atoms with E-state index in [1.54, 1.807) is 14.1 Å². The maximum absolute atomic E-state index is 12.0. The average molecular weight is 1860 g/mol. The number of carbonyl (C=O) groups is 7. The number of carboxylic acids is 1. The van der Waals surface area contributed by atoms with E-state index in [9.17, 15) is 33.6 Å². The number of likely N-dealkylation sites (N-methyl/N-ethyl adjacent to an activating group) is 7. The van der Waals surface area contributed by atoms with E-state index in [-0.39, 0.29) is 66.5 Å². The largest absolute Gasteiger partial charge is 0.480 e. The molecule has 131 heavy (non-hydrogen) atoms. The second-order valence-corrected chi connectivity index (χ2v) is 42.0. The van der Waals surface area contributed by atoms with Gasteiger partial charge in [0.05, 0.1) is 65.7 Å². The molecular weight excluding hydrogens is 1670 g/mol. The van der Waals surface area contributed by atoms with Crippen molar-refractivity contribution >= 4 is 41.7 Å². The van der Waals surface area contributed by atoms with Gasteiger partial charge in [0.15, 0.2) is 6.61 Å². The summed E-state index contributed by atoms with van der Waals surface area (Å²) in [6.45, 7) is 62.9. The second-order valence-electron chi connectivity index (χ2n) is 42.0. The maximum Gasteiger partial charge on any atom is 0.320 e. The Balaban J connectivity index is 0.000000215. The van der Waals surface area contributed by atoms with E-state index >= 15 is 0 Å². The Bertz CT molecular complexity index is 3190. The minimum Gasteiger partial charge on any atom is -0.480 e.